The van der Waals surface area contributed by atoms with E-state index in [2.05, 4.69) is 52.1 Å². The lowest BCUT2D eigenvalue weighted by atomic mass is 9.83. The molecule has 1 N–H and O–H groups in total. The monoisotopic (exact) mass is 293 g/mol. The number of hydrogen-bond donors (Lipinski definition) is 1. The lowest BCUT2D eigenvalue weighted by Gasteiger charge is -2.40. The summed E-state index contributed by atoms with van der Waals surface area (Å²) in [6, 6.07) is 8.41. The van der Waals surface area contributed by atoms with Gasteiger partial charge in [-0.3, -0.25) is 0 Å². The largest absolute Gasteiger partial charge is 0.491 e. The second-order valence-electron chi connectivity index (χ2n) is 5.67. The molecule has 1 aromatic rings. The molecule has 120 valence electrons. The van der Waals surface area contributed by atoms with Crippen LogP contribution in [0, 0.1) is 0 Å². The van der Waals surface area contributed by atoms with E-state index in [0.29, 0.717) is 0 Å². The summed E-state index contributed by atoms with van der Waals surface area (Å²) in [7, 11) is 1.81. The molecule has 3 nitrogen and oxygen atoms in total. The third-order valence-corrected chi connectivity index (χ3v) is 4.13. The van der Waals surface area contributed by atoms with Gasteiger partial charge in [-0.1, -0.05) is 39.0 Å². The highest BCUT2D eigenvalue weighted by Crippen LogP contribution is 2.39. The van der Waals surface area contributed by atoms with Crippen LogP contribution in [0.3, 0.4) is 0 Å². The molecule has 0 aromatic heterocycles. The number of hydrogen-bond acceptors (Lipinski definition) is 3. The third-order valence-electron chi connectivity index (χ3n) is 4.13. The fraction of sp³-hybridized carbons (Fsp3) is 0.667. The van der Waals surface area contributed by atoms with E-state index >= 15 is 0 Å². The van der Waals surface area contributed by atoms with Crippen LogP contribution in [0.25, 0.3) is 0 Å². The van der Waals surface area contributed by atoms with E-state index < -0.39 is 0 Å². The zero-order chi connectivity index (χ0) is 15.9. The number of benzene rings is 1. The highest BCUT2D eigenvalue weighted by molar-refractivity contribution is 5.38. The van der Waals surface area contributed by atoms with Gasteiger partial charge in [0.15, 0.2) is 0 Å². The van der Waals surface area contributed by atoms with Gasteiger partial charge in [-0.25, -0.2) is 0 Å². The van der Waals surface area contributed by atoms with Crippen LogP contribution >= 0.6 is 0 Å². The average Bonchev–Trinajstić information content (AvgIpc) is 2.48. The summed E-state index contributed by atoms with van der Waals surface area (Å²) in [5.41, 5.74) is 0.963. The maximum Gasteiger partial charge on any atom is 0.124 e. The predicted octanol–water partition coefficient (Wildman–Crippen LogP) is 4.33. The normalized spacial score (nSPS) is 13.5. The van der Waals surface area contributed by atoms with Crippen LogP contribution in [0.15, 0.2) is 24.3 Å². The van der Waals surface area contributed by atoms with Gasteiger partial charge in [-0.05, 0) is 39.3 Å². The Labute approximate surface area is 130 Å². The molecule has 3 heteroatoms. The molecule has 0 saturated carbocycles. The molecule has 0 aliphatic rings. The highest BCUT2D eigenvalue weighted by Gasteiger charge is 2.37. The van der Waals surface area contributed by atoms with Crippen LogP contribution in [0.4, 0.5) is 0 Å². The molecule has 0 aliphatic carbocycles. The van der Waals surface area contributed by atoms with Crippen molar-refractivity contribution in [3.05, 3.63) is 29.8 Å². The lowest BCUT2D eigenvalue weighted by Crippen LogP contribution is -2.45. The van der Waals surface area contributed by atoms with Crippen LogP contribution in [0.5, 0.6) is 5.75 Å². The second kappa shape index (κ2) is 8.40. The van der Waals surface area contributed by atoms with Crippen molar-refractivity contribution >= 4 is 0 Å². The summed E-state index contributed by atoms with van der Waals surface area (Å²) < 4.78 is 12.0. The number of para-hydroxylation sites is 1. The molecule has 0 fully saturated rings. The van der Waals surface area contributed by atoms with Gasteiger partial charge >= 0.3 is 0 Å². The summed E-state index contributed by atoms with van der Waals surface area (Å²) in [5.74, 6) is 0.946. The summed E-state index contributed by atoms with van der Waals surface area (Å²) in [6.07, 6.45) is 2.06. The molecule has 21 heavy (non-hydrogen) atoms. The third kappa shape index (κ3) is 4.21. The van der Waals surface area contributed by atoms with Crippen molar-refractivity contribution in [2.24, 2.45) is 0 Å². The quantitative estimate of drug-likeness (QED) is 0.735. The van der Waals surface area contributed by atoms with E-state index in [1.165, 1.54) is 5.56 Å². The van der Waals surface area contributed by atoms with Gasteiger partial charge in [-0.2, -0.15) is 0 Å². The molecular formula is C18H31NO2. The number of rotatable bonds is 9. The van der Waals surface area contributed by atoms with E-state index in [4.69, 9.17) is 9.47 Å². The summed E-state index contributed by atoms with van der Waals surface area (Å²) in [6.45, 7) is 11.5. The first-order chi connectivity index (χ1) is 10.0. The molecule has 0 radical (unpaired) electrons. The fourth-order valence-corrected chi connectivity index (χ4v) is 2.93. The topological polar surface area (TPSA) is 30.5 Å². The van der Waals surface area contributed by atoms with Crippen molar-refractivity contribution < 1.29 is 9.47 Å². The SMILES string of the molecule is CCNC(c1ccccc1OC(C)C)C(CC)(CC)OC. The molecular weight excluding hydrogens is 262 g/mol. The lowest BCUT2D eigenvalue weighted by molar-refractivity contribution is -0.0489. The van der Waals surface area contributed by atoms with Gasteiger partial charge in [0.25, 0.3) is 0 Å². The van der Waals surface area contributed by atoms with Crippen LogP contribution in [0.2, 0.25) is 0 Å². The van der Waals surface area contributed by atoms with Crippen LogP contribution in [-0.2, 0) is 4.74 Å². The van der Waals surface area contributed by atoms with Crippen LogP contribution < -0.4 is 10.1 Å². The summed E-state index contributed by atoms with van der Waals surface area (Å²) >= 11 is 0. The number of likely N-dealkylation sites (N-methyl/N-ethyl adjacent to an activating group) is 1. The Morgan fingerprint density at radius 3 is 2.19 bits per heavy atom. The molecule has 0 spiro atoms. The predicted molar refractivity (Wildman–Crippen MR) is 88.9 cm³/mol. The van der Waals surface area contributed by atoms with E-state index in [9.17, 15) is 0 Å². The van der Waals surface area contributed by atoms with Crippen molar-refractivity contribution in [2.75, 3.05) is 13.7 Å². The first-order valence-corrected chi connectivity index (χ1v) is 8.08. The molecule has 0 amide bonds. The standard InChI is InChI=1S/C18H31NO2/c1-7-18(8-2,20-6)17(19-9-3)15-12-10-11-13-16(15)21-14(4)5/h10-14,17,19H,7-9H2,1-6H3. The number of nitrogens with one attached hydrogen (secondary N) is 1. The molecule has 0 bridgehead atoms. The molecule has 1 unspecified atom stereocenters. The minimum atomic E-state index is -0.216. The summed E-state index contributed by atoms with van der Waals surface area (Å²) in [5, 5.41) is 3.60. The van der Waals surface area contributed by atoms with Crippen molar-refractivity contribution in [1.82, 2.24) is 5.32 Å². The van der Waals surface area contributed by atoms with E-state index in [0.717, 1.165) is 25.1 Å². The van der Waals surface area contributed by atoms with Crippen LogP contribution in [-0.4, -0.2) is 25.4 Å². The Balaban J connectivity index is 3.28. The first kappa shape index (κ1) is 18.0. The molecule has 0 saturated heterocycles. The fourth-order valence-electron chi connectivity index (χ4n) is 2.93. The number of methoxy groups -OCH3 is 1. The van der Waals surface area contributed by atoms with Gasteiger partial charge in [0, 0.05) is 12.7 Å². The summed E-state index contributed by atoms with van der Waals surface area (Å²) in [4.78, 5) is 0. The van der Waals surface area contributed by atoms with Crippen LogP contribution in [0.1, 0.15) is 59.1 Å². The minimum Gasteiger partial charge on any atom is -0.491 e. The molecule has 1 aromatic carbocycles. The van der Waals surface area contributed by atoms with E-state index in [1.807, 2.05) is 19.2 Å². The van der Waals surface area contributed by atoms with Crippen molar-refractivity contribution in [3.8, 4) is 5.75 Å². The maximum absolute atomic E-state index is 6.01. The maximum atomic E-state index is 6.01. The molecule has 0 aliphatic heterocycles. The Bertz CT molecular complexity index is 405. The van der Waals surface area contributed by atoms with Crippen molar-refractivity contribution in [3.63, 3.8) is 0 Å². The van der Waals surface area contributed by atoms with E-state index in [1.54, 1.807) is 0 Å². The zero-order valence-corrected chi connectivity index (χ0v) is 14.4. The Morgan fingerprint density at radius 2 is 1.71 bits per heavy atom. The number of ether oxygens (including phenoxy) is 2. The van der Waals surface area contributed by atoms with Gasteiger partial charge in [0.1, 0.15) is 5.75 Å². The first-order valence-electron chi connectivity index (χ1n) is 8.08. The molecule has 1 rings (SSSR count). The van der Waals surface area contributed by atoms with Gasteiger partial charge < -0.3 is 14.8 Å². The smallest absolute Gasteiger partial charge is 0.124 e. The second-order valence-corrected chi connectivity index (χ2v) is 5.67. The van der Waals surface area contributed by atoms with Gasteiger partial charge in [0.05, 0.1) is 17.7 Å². The van der Waals surface area contributed by atoms with Gasteiger partial charge in [0.2, 0.25) is 0 Å². The molecule has 1 atom stereocenters. The van der Waals surface area contributed by atoms with E-state index in [-0.39, 0.29) is 17.7 Å². The highest BCUT2D eigenvalue weighted by atomic mass is 16.5. The van der Waals surface area contributed by atoms with Gasteiger partial charge in [-0.15, -0.1) is 0 Å². The Kier molecular flexibility index (Phi) is 7.20. The van der Waals surface area contributed by atoms with Crippen molar-refractivity contribution in [1.29, 1.82) is 0 Å². The minimum absolute atomic E-state index is 0.123. The zero-order valence-electron chi connectivity index (χ0n) is 14.4. The Morgan fingerprint density at radius 1 is 1.10 bits per heavy atom. The molecule has 0 heterocycles. The van der Waals surface area contributed by atoms with Crippen molar-refractivity contribution in [2.45, 2.75) is 65.2 Å². The average molecular weight is 293 g/mol. The Hall–Kier alpha value is -1.06.